The topological polar surface area (TPSA) is 33.1 Å². The van der Waals surface area contributed by atoms with E-state index in [1.54, 1.807) is 0 Å². The lowest BCUT2D eigenvalue weighted by Gasteiger charge is -2.12. The van der Waals surface area contributed by atoms with Gasteiger partial charge in [-0.25, -0.2) is 4.39 Å². The Balaban J connectivity index is 2.27. The summed E-state index contributed by atoms with van der Waals surface area (Å²) in [5.41, 5.74) is 2.43. The number of nitrogens with zero attached hydrogens (tertiary/aromatic N) is 1. The van der Waals surface area contributed by atoms with Crippen molar-refractivity contribution in [2.24, 2.45) is 0 Å². The molecular formula is C15H16FNO. The Bertz CT molecular complexity index is 527. The van der Waals surface area contributed by atoms with Crippen LogP contribution in [-0.4, -0.2) is 10.1 Å². The maximum Gasteiger partial charge on any atom is 0.141 e. The van der Waals surface area contributed by atoms with Crippen molar-refractivity contribution < 1.29 is 9.50 Å². The van der Waals surface area contributed by atoms with E-state index in [1.165, 1.54) is 17.8 Å². The lowest BCUT2D eigenvalue weighted by atomic mass is 9.99. The summed E-state index contributed by atoms with van der Waals surface area (Å²) in [6, 6.07) is 9.05. The van der Waals surface area contributed by atoms with Crippen molar-refractivity contribution >= 4 is 0 Å². The number of aromatic nitrogens is 1. The average Bonchev–Trinajstić information content (AvgIpc) is 2.39. The van der Waals surface area contributed by atoms with E-state index in [0.717, 1.165) is 24.6 Å². The Hall–Kier alpha value is -1.74. The number of benzene rings is 1. The SMILES string of the molecule is CCCc1cccc(C(O)c2cncc(F)c2)c1. The smallest absolute Gasteiger partial charge is 0.141 e. The van der Waals surface area contributed by atoms with E-state index < -0.39 is 11.9 Å². The van der Waals surface area contributed by atoms with Gasteiger partial charge in [0, 0.05) is 11.8 Å². The van der Waals surface area contributed by atoms with Crippen LogP contribution in [0.15, 0.2) is 42.7 Å². The monoisotopic (exact) mass is 245 g/mol. The molecule has 0 saturated heterocycles. The summed E-state index contributed by atoms with van der Waals surface area (Å²) in [5.74, 6) is -0.434. The third kappa shape index (κ3) is 2.93. The second-order valence-electron chi connectivity index (χ2n) is 4.33. The Morgan fingerprint density at radius 3 is 2.78 bits per heavy atom. The number of hydrogen-bond donors (Lipinski definition) is 1. The van der Waals surface area contributed by atoms with Gasteiger partial charge < -0.3 is 5.11 Å². The van der Waals surface area contributed by atoms with Crippen LogP contribution in [0, 0.1) is 5.82 Å². The Morgan fingerprint density at radius 1 is 1.22 bits per heavy atom. The predicted octanol–water partition coefficient (Wildman–Crippen LogP) is 3.25. The highest BCUT2D eigenvalue weighted by atomic mass is 19.1. The zero-order valence-electron chi connectivity index (χ0n) is 10.3. The molecule has 1 heterocycles. The first-order chi connectivity index (χ1) is 8.70. The number of hydrogen-bond acceptors (Lipinski definition) is 2. The molecule has 0 amide bonds. The summed E-state index contributed by atoms with van der Waals surface area (Å²) in [6.45, 7) is 2.11. The van der Waals surface area contributed by atoms with Gasteiger partial charge in [0.2, 0.25) is 0 Å². The molecular weight excluding hydrogens is 229 g/mol. The van der Waals surface area contributed by atoms with Crippen LogP contribution < -0.4 is 0 Å². The van der Waals surface area contributed by atoms with Crippen LogP contribution in [0.2, 0.25) is 0 Å². The number of aliphatic hydroxyl groups is 1. The summed E-state index contributed by atoms with van der Waals surface area (Å²) in [7, 11) is 0. The molecule has 0 aliphatic carbocycles. The van der Waals surface area contributed by atoms with E-state index in [4.69, 9.17) is 0 Å². The third-order valence-corrected chi connectivity index (χ3v) is 2.85. The summed E-state index contributed by atoms with van der Waals surface area (Å²) < 4.78 is 13.1. The molecule has 0 fully saturated rings. The van der Waals surface area contributed by atoms with Gasteiger partial charge in [-0.05, 0) is 23.6 Å². The van der Waals surface area contributed by atoms with E-state index in [0.29, 0.717) is 5.56 Å². The van der Waals surface area contributed by atoms with Crippen LogP contribution >= 0.6 is 0 Å². The lowest BCUT2D eigenvalue weighted by Crippen LogP contribution is -2.01. The second-order valence-corrected chi connectivity index (χ2v) is 4.33. The standard InChI is InChI=1S/C15H16FNO/c1-2-4-11-5-3-6-12(7-11)15(18)13-8-14(16)10-17-9-13/h3,5-10,15,18H,2,4H2,1H3. The average molecular weight is 245 g/mol. The molecule has 1 aromatic carbocycles. The normalized spacial score (nSPS) is 12.4. The highest BCUT2D eigenvalue weighted by molar-refractivity contribution is 5.31. The Kier molecular flexibility index (Phi) is 4.05. The summed E-state index contributed by atoms with van der Waals surface area (Å²) in [4.78, 5) is 3.75. The van der Waals surface area contributed by atoms with Crippen LogP contribution in [-0.2, 0) is 6.42 Å². The minimum Gasteiger partial charge on any atom is -0.384 e. The van der Waals surface area contributed by atoms with Crippen LogP contribution in [0.25, 0.3) is 0 Å². The van der Waals surface area contributed by atoms with Crippen molar-refractivity contribution in [3.8, 4) is 0 Å². The van der Waals surface area contributed by atoms with E-state index in [-0.39, 0.29) is 0 Å². The van der Waals surface area contributed by atoms with Crippen LogP contribution in [0.3, 0.4) is 0 Å². The molecule has 1 N–H and O–H groups in total. The van der Waals surface area contributed by atoms with Crippen molar-refractivity contribution in [2.75, 3.05) is 0 Å². The molecule has 1 unspecified atom stereocenters. The maximum atomic E-state index is 13.1. The molecule has 0 aliphatic heterocycles. The molecule has 2 aromatic rings. The van der Waals surface area contributed by atoms with Gasteiger partial charge >= 0.3 is 0 Å². The highest BCUT2D eigenvalue weighted by Gasteiger charge is 2.11. The van der Waals surface area contributed by atoms with Gasteiger partial charge in [0.05, 0.1) is 6.20 Å². The number of aliphatic hydroxyl groups excluding tert-OH is 1. The molecule has 0 saturated carbocycles. The van der Waals surface area contributed by atoms with Crippen molar-refractivity contribution in [3.63, 3.8) is 0 Å². The van der Waals surface area contributed by atoms with Crippen molar-refractivity contribution in [1.82, 2.24) is 4.98 Å². The fourth-order valence-corrected chi connectivity index (χ4v) is 1.98. The molecule has 0 aliphatic rings. The summed E-state index contributed by atoms with van der Waals surface area (Å²) in [5, 5.41) is 10.2. The van der Waals surface area contributed by atoms with Crippen LogP contribution in [0.1, 0.15) is 36.1 Å². The largest absolute Gasteiger partial charge is 0.384 e. The number of rotatable bonds is 4. The number of halogens is 1. The summed E-state index contributed by atoms with van der Waals surface area (Å²) in [6.07, 6.45) is 3.82. The fraction of sp³-hybridized carbons (Fsp3) is 0.267. The van der Waals surface area contributed by atoms with Crippen molar-refractivity contribution in [3.05, 3.63) is 65.2 Å². The van der Waals surface area contributed by atoms with Gasteiger partial charge in [0.25, 0.3) is 0 Å². The summed E-state index contributed by atoms with van der Waals surface area (Å²) >= 11 is 0. The quantitative estimate of drug-likeness (QED) is 0.896. The van der Waals surface area contributed by atoms with Gasteiger partial charge in [-0.3, -0.25) is 4.98 Å². The first-order valence-electron chi connectivity index (χ1n) is 6.08. The van der Waals surface area contributed by atoms with E-state index >= 15 is 0 Å². The molecule has 0 radical (unpaired) electrons. The van der Waals surface area contributed by atoms with Gasteiger partial charge in [0.15, 0.2) is 0 Å². The molecule has 1 atom stereocenters. The highest BCUT2D eigenvalue weighted by Crippen LogP contribution is 2.22. The van der Waals surface area contributed by atoms with Gasteiger partial charge in [-0.1, -0.05) is 37.6 Å². The zero-order chi connectivity index (χ0) is 13.0. The second kappa shape index (κ2) is 5.74. The van der Waals surface area contributed by atoms with Crippen LogP contribution in [0.5, 0.6) is 0 Å². The molecule has 2 rings (SSSR count). The minimum absolute atomic E-state index is 0.434. The molecule has 1 aromatic heterocycles. The molecule has 94 valence electrons. The van der Waals surface area contributed by atoms with Crippen molar-refractivity contribution in [2.45, 2.75) is 25.9 Å². The van der Waals surface area contributed by atoms with E-state index in [9.17, 15) is 9.50 Å². The molecule has 18 heavy (non-hydrogen) atoms. The molecule has 0 spiro atoms. The number of pyridine rings is 1. The van der Waals surface area contributed by atoms with E-state index in [2.05, 4.69) is 11.9 Å². The molecule has 0 bridgehead atoms. The maximum absolute atomic E-state index is 13.1. The fourth-order valence-electron chi connectivity index (χ4n) is 1.98. The lowest BCUT2D eigenvalue weighted by molar-refractivity contribution is 0.219. The predicted molar refractivity (Wildman–Crippen MR) is 68.7 cm³/mol. The van der Waals surface area contributed by atoms with Gasteiger partial charge in [-0.2, -0.15) is 0 Å². The number of aryl methyl sites for hydroxylation is 1. The first kappa shape index (κ1) is 12.7. The van der Waals surface area contributed by atoms with Crippen LogP contribution in [0.4, 0.5) is 4.39 Å². The van der Waals surface area contributed by atoms with E-state index in [1.807, 2.05) is 24.3 Å². The third-order valence-electron chi connectivity index (χ3n) is 2.85. The van der Waals surface area contributed by atoms with Gasteiger partial charge in [-0.15, -0.1) is 0 Å². The molecule has 2 nitrogen and oxygen atoms in total. The molecule has 3 heteroatoms. The minimum atomic E-state index is -0.829. The van der Waals surface area contributed by atoms with Crippen molar-refractivity contribution in [1.29, 1.82) is 0 Å². The van der Waals surface area contributed by atoms with Gasteiger partial charge in [0.1, 0.15) is 11.9 Å². The zero-order valence-corrected chi connectivity index (χ0v) is 10.3. The Morgan fingerprint density at radius 2 is 2.06 bits per heavy atom. The Labute approximate surface area is 106 Å². The first-order valence-corrected chi connectivity index (χ1v) is 6.08.